The molecule has 2 aromatic rings. The van der Waals surface area contributed by atoms with Gasteiger partial charge in [-0.15, -0.1) is 0 Å². The highest BCUT2D eigenvalue weighted by molar-refractivity contribution is 6.33. The number of nitrogens with zero attached hydrogens (tertiary/aromatic N) is 1. The Morgan fingerprint density at radius 2 is 1.81 bits per heavy atom. The van der Waals surface area contributed by atoms with E-state index in [0.29, 0.717) is 16.8 Å². The number of carbonyl (C=O) groups excluding carboxylic acids is 3. The predicted molar refractivity (Wildman–Crippen MR) is 101 cm³/mol. The lowest BCUT2D eigenvalue weighted by molar-refractivity contribution is -0.121. The predicted octanol–water partition coefficient (Wildman–Crippen LogP) is 3.95. The largest absolute Gasteiger partial charge is 0.443 e. The van der Waals surface area contributed by atoms with Gasteiger partial charge in [0.05, 0.1) is 5.69 Å². The van der Waals surface area contributed by atoms with Gasteiger partial charge in [0, 0.05) is 11.1 Å². The topological polar surface area (TPSA) is 63.7 Å². The van der Waals surface area contributed by atoms with Crippen LogP contribution >= 0.6 is 0 Å². The fraction of sp³-hybridized carbons (Fsp3) is 0.318. The third-order valence-corrected chi connectivity index (χ3v) is 5.10. The molecule has 27 heavy (non-hydrogen) atoms. The third-order valence-electron chi connectivity index (χ3n) is 5.10. The Kier molecular flexibility index (Phi) is 3.57. The molecule has 2 aromatic carbocycles. The van der Waals surface area contributed by atoms with Gasteiger partial charge in [0.1, 0.15) is 11.0 Å². The molecule has 0 N–H and O–H groups in total. The van der Waals surface area contributed by atoms with Crippen LogP contribution in [0.5, 0.6) is 0 Å². The molecule has 138 valence electrons. The van der Waals surface area contributed by atoms with Crippen molar-refractivity contribution in [1.82, 2.24) is 0 Å². The van der Waals surface area contributed by atoms with Crippen LogP contribution in [0.15, 0.2) is 42.5 Å². The van der Waals surface area contributed by atoms with Crippen molar-refractivity contribution in [3.8, 4) is 0 Å². The molecule has 1 heterocycles. The summed E-state index contributed by atoms with van der Waals surface area (Å²) < 4.78 is 5.45. The molecular weight excluding hydrogens is 342 g/mol. The molecule has 0 saturated heterocycles. The quantitative estimate of drug-likeness (QED) is 0.665. The number of aryl methyl sites for hydroxylation is 1. The van der Waals surface area contributed by atoms with Gasteiger partial charge in [-0.25, -0.2) is 9.69 Å². The lowest BCUT2D eigenvalue weighted by Gasteiger charge is -2.25. The molecule has 1 atom stereocenters. The molecule has 5 nitrogen and oxygen atoms in total. The fourth-order valence-corrected chi connectivity index (χ4v) is 3.97. The number of carbonyl (C=O) groups is 3. The minimum absolute atomic E-state index is 0.249. The average molecular weight is 363 g/mol. The average Bonchev–Trinajstić information content (AvgIpc) is 3.01. The maximum Gasteiger partial charge on any atom is 0.421 e. The first kappa shape index (κ1) is 17.5. The number of amides is 2. The summed E-state index contributed by atoms with van der Waals surface area (Å²) in [5.74, 6) is -0.778. The van der Waals surface area contributed by atoms with Gasteiger partial charge in [0.15, 0.2) is 5.78 Å². The lowest BCUT2D eigenvalue weighted by atomic mass is 9.77. The number of ether oxygens (including phenoxy) is 1. The van der Waals surface area contributed by atoms with Crippen LogP contribution in [-0.2, 0) is 21.4 Å². The molecule has 4 rings (SSSR count). The first-order valence-corrected chi connectivity index (χ1v) is 8.96. The highest BCUT2D eigenvalue weighted by Crippen LogP contribution is 2.50. The highest BCUT2D eigenvalue weighted by Gasteiger charge is 2.61. The Morgan fingerprint density at radius 1 is 1.11 bits per heavy atom. The van der Waals surface area contributed by atoms with E-state index in [1.54, 1.807) is 39.0 Å². The van der Waals surface area contributed by atoms with Crippen molar-refractivity contribution in [2.75, 3.05) is 4.90 Å². The number of rotatable bonds is 0. The number of fused-ring (bicyclic) bond motifs is 3. The molecule has 1 spiro atoms. The number of hydrogen-bond acceptors (Lipinski definition) is 4. The van der Waals surface area contributed by atoms with E-state index in [2.05, 4.69) is 0 Å². The smallest absolute Gasteiger partial charge is 0.421 e. The number of ketones is 1. The van der Waals surface area contributed by atoms with Gasteiger partial charge in [0.2, 0.25) is 0 Å². The second kappa shape index (κ2) is 5.52. The molecule has 0 saturated carbocycles. The first-order valence-electron chi connectivity index (χ1n) is 8.96. The van der Waals surface area contributed by atoms with Gasteiger partial charge in [-0.3, -0.25) is 9.59 Å². The number of hydrogen-bond donors (Lipinski definition) is 0. The molecule has 5 heteroatoms. The van der Waals surface area contributed by atoms with Crippen molar-refractivity contribution < 1.29 is 19.1 Å². The van der Waals surface area contributed by atoms with Gasteiger partial charge in [-0.05, 0) is 45.7 Å². The van der Waals surface area contributed by atoms with Crippen LogP contribution in [0.3, 0.4) is 0 Å². The summed E-state index contributed by atoms with van der Waals surface area (Å²) in [6.07, 6.45) is -0.491. The molecule has 0 radical (unpaired) electrons. The second-order valence-corrected chi connectivity index (χ2v) is 8.21. The number of anilines is 1. The minimum Gasteiger partial charge on any atom is -0.443 e. The number of benzene rings is 2. The molecule has 0 fully saturated rings. The van der Waals surface area contributed by atoms with Crippen molar-refractivity contribution in [2.24, 2.45) is 0 Å². The van der Waals surface area contributed by atoms with Crippen molar-refractivity contribution in [2.45, 2.75) is 45.1 Å². The van der Waals surface area contributed by atoms with E-state index in [0.717, 1.165) is 16.0 Å². The standard InChI is InChI=1S/C22H21NO4/c1-13-9-10-17-16(11-13)22(12-14-7-5-6-8-15(14)18(22)24)19(25)23(17)20(26)27-21(2,3)4/h5-11H,12H2,1-4H3/t22-/m1/s1. The summed E-state index contributed by atoms with van der Waals surface area (Å²) in [7, 11) is 0. The Bertz CT molecular complexity index is 1000. The van der Waals surface area contributed by atoms with E-state index in [1.807, 2.05) is 31.2 Å². The summed E-state index contributed by atoms with van der Waals surface area (Å²) in [4.78, 5) is 40.7. The highest BCUT2D eigenvalue weighted by atomic mass is 16.6. The van der Waals surface area contributed by atoms with E-state index in [1.165, 1.54) is 0 Å². The molecule has 1 aliphatic carbocycles. The van der Waals surface area contributed by atoms with E-state index in [9.17, 15) is 14.4 Å². The fourth-order valence-electron chi connectivity index (χ4n) is 3.97. The summed E-state index contributed by atoms with van der Waals surface area (Å²) in [5.41, 5.74) is 1.18. The van der Waals surface area contributed by atoms with Gasteiger partial charge >= 0.3 is 6.09 Å². The second-order valence-electron chi connectivity index (χ2n) is 8.21. The van der Waals surface area contributed by atoms with Crippen LogP contribution in [0.2, 0.25) is 0 Å². The van der Waals surface area contributed by atoms with Crippen LogP contribution in [0.25, 0.3) is 0 Å². The summed E-state index contributed by atoms with van der Waals surface area (Å²) in [5, 5.41) is 0. The molecule has 0 aromatic heterocycles. The van der Waals surface area contributed by atoms with Gasteiger partial charge in [0.25, 0.3) is 5.91 Å². The van der Waals surface area contributed by atoms with E-state index in [4.69, 9.17) is 4.74 Å². The van der Waals surface area contributed by atoms with E-state index in [-0.39, 0.29) is 12.2 Å². The van der Waals surface area contributed by atoms with Crippen LogP contribution in [0.4, 0.5) is 10.5 Å². The summed E-state index contributed by atoms with van der Waals surface area (Å²) in [6, 6.07) is 12.6. The third kappa shape index (κ3) is 2.41. The van der Waals surface area contributed by atoms with Crippen molar-refractivity contribution in [1.29, 1.82) is 0 Å². The van der Waals surface area contributed by atoms with Gasteiger partial charge in [-0.2, -0.15) is 0 Å². The normalized spacial score (nSPS) is 20.8. The zero-order chi connectivity index (χ0) is 19.6. The van der Waals surface area contributed by atoms with Gasteiger partial charge < -0.3 is 4.74 Å². The molecule has 2 aliphatic rings. The Morgan fingerprint density at radius 3 is 2.48 bits per heavy atom. The van der Waals surface area contributed by atoms with Crippen molar-refractivity contribution in [3.63, 3.8) is 0 Å². The lowest BCUT2D eigenvalue weighted by Crippen LogP contribution is -2.48. The maximum atomic E-state index is 13.5. The number of imide groups is 1. The Hall–Kier alpha value is -2.95. The molecule has 0 bridgehead atoms. The van der Waals surface area contributed by atoms with E-state index < -0.39 is 23.0 Å². The zero-order valence-corrected chi connectivity index (χ0v) is 15.8. The van der Waals surface area contributed by atoms with Gasteiger partial charge in [-0.1, -0.05) is 42.0 Å². The zero-order valence-electron chi connectivity index (χ0n) is 15.8. The van der Waals surface area contributed by atoms with Crippen LogP contribution < -0.4 is 4.90 Å². The SMILES string of the molecule is Cc1ccc2c(c1)[C@@]1(Cc3ccccc3C1=O)C(=O)N2C(=O)OC(C)(C)C. The molecule has 1 aliphatic heterocycles. The van der Waals surface area contributed by atoms with Crippen molar-refractivity contribution >= 4 is 23.5 Å². The maximum absolute atomic E-state index is 13.5. The Balaban J connectivity index is 1.89. The van der Waals surface area contributed by atoms with Crippen molar-refractivity contribution in [3.05, 3.63) is 64.7 Å². The molecule has 2 amide bonds. The summed E-state index contributed by atoms with van der Waals surface area (Å²) >= 11 is 0. The number of Topliss-reactive ketones (excluding diaryl/α,β-unsaturated/α-hetero) is 1. The van der Waals surface area contributed by atoms with Crippen LogP contribution in [-0.4, -0.2) is 23.4 Å². The van der Waals surface area contributed by atoms with Crippen LogP contribution in [0.1, 0.15) is 47.8 Å². The molecular formula is C22H21NO4. The summed E-state index contributed by atoms with van der Waals surface area (Å²) in [6.45, 7) is 7.14. The molecule has 0 unspecified atom stereocenters. The Labute approximate surface area is 157 Å². The van der Waals surface area contributed by atoms with Crippen LogP contribution in [0, 0.1) is 6.92 Å². The minimum atomic E-state index is -1.39. The monoisotopic (exact) mass is 363 g/mol. The van der Waals surface area contributed by atoms with E-state index >= 15 is 0 Å². The first-order chi connectivity index (χ1) is 12.6.